The van der Waals surface area contributed by atoms with Gasteiger partial charge < -0.3 is 4.74 Å². The fraction of sp³-hybridized carbons (Fsp3) is 0.360. The zero-order valence-corrected chi connectivity index (χ0v) is 16.5. The van der Waals surface area contributed by atoms with E-state index in [1.165, 1.54) is 11.3 Å². The van der Waals surface area contributed by atoms with Crippen LogP contribution in [0.1, 0.15) is 17.5 Å². The molecule has 2 amide bonds. The van der Waals surface area contributed by atoms with Crippen LogP contribution in [-0.4, -0.2) is 11.8 Å². The number of imide groups is 1. The summed E-state index contributed by atoms with van der Waals surface area (Å²) in [5.41, 5.74) is 2.94. The van der Waals surface area contributed by atoms with E-state index in [1.54, 1.807) is 0 Å². The van der Waals surface area contributed by atoms with Gasteiger partial charge >= 0.3 is 0 Å². The van der Waals surface area contributed by atoms with Crippen molar-refractivity contribution in [2.24, 2.45) is 35.5 Å². The molecule has 0 radical (unpaired) electrons. The van der Waals surface area contributed by atoms with E-state index in [4.69, 9.17) is 4.74 Å². The molecule has 0 N–H and O–H groups in total. The van der Waals surface area contributed by atoms with Gasteiger partial charge in [0.2, 0.25) is 11.8 Å². The third-order valence-corrected chi connectivity index (χ3v) is 7.19. The first kappa shape index (κ1) is 17.0. The van der Waals surface area contributed by atoms with Crippen molar-refractivity contribution in [2.45, 2.75) is 20.3 Å². The molecule has 3 fully saturated rings. The second-order valence-electron chi connectivity index (χ2n) is 9.09. The van der Waals surface area contributed by atoms with Gasteiger partial charge in [-0.05, 0) is 91.5 Å². The Morgan fingerprint density at radius 3 is 1.90 bits per heavy atom. The fourth-order valence-electron chi connectivity index (χ4n) is 6.00. The minimum Gasteiger partial charge on any atom is -0.457 e. The SMILES string of the molecule is Cc1cc(C)cc(Oc2ccc(N3C(=O)[C@@H]4[C@H]5C=C[C@@H]([C@@H]6C[C@H]56)[C@@H]4C3=O)cc2)c1. The number of benzene rings is 2. The standard InChI is InChI=1S/C25H23NO3/c1-13-9-14(2)11-17(10-13)29-16-5-3-15(4-6-16)26-24(27)22-18-7-8-19(21-12-20(18)21)23(22)25(26)28/h3-11,18-23H,12H2,1-2H3/t18-,19-,20-,21+,22-,23+/m0/s1. The summed E-state index contributed by atoms with van der Waals surface area (Å²) in [4.78, 5) is 27.8. The molecule has 4 nitrogen and oxygen atoms in total. The Balaban J connectivity index is 1.26. The second-order valence-corrected chi connectivity index (χ2v) is 9.09. The Morgan fingerprint density at radius 1 is 0.793 bits per heavy atom. The third-order valence-electron chi connectivity index (χ3n) is 7.19. The summed E-state index contributed by atoms with van der Waals surface area (Å²) in [6.07, 6.45) is 5.59. The molecule has 1 aliphatic heterocycles. The monoisotopic (exact) mass is 385 g/mol. The van der Waals surface area contributed by atoms with Crippen LogP contribution in [0.4, 0.5) is 5.69 Å². The Hall–Kier alpha value is -2.88. The van der Waals surface area contributed by atoms with Crippen molar-refractivity contribution in [1.82, 2.24) is 0 Å². The topological polar surface area (TPSA) is 46.6 Å². The molecule has 6 atom stereocenters. The van der Waals surface area contributed by atoms with Gasteiger partial charge in [-0.2, -0.15) is 0 Å². The van der Waals surface area contributed by atoms with Crippen molar-refractivity contribution in [3.8, 4) is 11.5 Å². The van der Waals surface area contributed by atoms with Crippen molar-refractivity contribution in [3.63, 3.8) is 0 Å². The molecule has 1 heterocycles. The number of ether oxygens (including phenoxy) is 1. The van der Waals surface area contributed by atoms with Crippen LogP contribution in [0.5, 0.6) is 11.5 Å². The molecule has 0 spiro atoms. The molecule has 2 aromatic carbocycles. The van der Waals surface area contributed by atoms with Crippen LogP contribution in [-0.2, 0) is 9.59 Å². The van der Waals surface area contributed by atoms with Gasteiger partial charge in [0, 0.05) is 0 Å². The maximum absolute atomic E-state index is 13.2. The zero-order valence-electron chi connectivity index (χ0n) is 16.5. The van der Waals surface area contributed by atoms with Crippen LogP contribution in [0.2, 0.25) is 0 Å². The Kier molecular flexibility index (Phi) is 3.41. The van der Waals surface area contributed by atoms with E-state index in [0.717, 1.165) is 16.9 Å². The Labute approximate surface area is 170 Å². The van der Waals surface area contributed by atoms with Crippen LogP contribution in [0.25, 0.3) is 0 Å². The van der Waals surface area contributed by atoms with E-state index >= 15 is 0 Å². The Morgan fingerprint density at radius 2 is 1.34 bits per heavy atom. The van der Waals surface area contributed by atoms with E-state index in [2.05, 4.69) is 18.2 Å². The molecular formula is C25H23NO3. The summed E-state index contributed by atoms with van der Waals surface area (Å²) in [5, 5.41) is 0. The van der Waals surface area contributed by atoms with Crippen molar-refractivity contribution in [3.05, 3.63) is 65.7 Å². The first-order valence-electron chi connectivity index (χ1n) is 10.4. The van der Waals surface area contributed by atoms with Gasteiger partial charge in [-0.15, -0.1) is 0 Å². The highest BCUT2D eigenvalue weighted by Crippen LogP contribution is 2.65. The molecule has 2 aromatic rings. The highest BCUT2D eigenvalue weighted by Gasteiger charge is 2.67. The number of hydrogen-bond acceptors (Lipinski definition) is 3. The average Bonchev–Trinajstić information content (AvgIpc) is 3.46. The normalized spacial score (nSPS) is 33.7. The molecule has 2 saturated carbocycles. The number of amides is 2. The van der Waals surface area contributed by atoms with E-state index in [1.807, 2.05) is 50.2 Å². The number of carbonyl (C=O) groups is 2. The molecule has 5 aliphatic rings. The number of allylic oxidation sites excluding steroid dienone is 2. The largest absolute Gasteiger partial charge is 0.457 e. The summed E-state index contributed by atoms with van der Waals surface area (Å²) in [7, 11) is 0. The minimum atomic E-state index is -0.160. The van der Waals surface area contributed by atoms with Gasteiger partial charge in [-0.3, -0.25) is 14.5 Å². The first-order chi connectivity index (χ1) is 14.0. The van der Waals surface area contributed by atoms with Gasteiger partial charge in [-0.1, -0.05) is 18.2 Å². The molecule has 4 aliphatic carbocycles. The van der Waals surface area contributed by atoms with E-state index in [0.29, 0.717) is 23.3 Å². The van der Waals surface area contributed by atoms with Crippen LogP contribution >= 0.6 is 0 Å². The molecule has 0 unspecified atom stereocenters. The number of aryl methyl sites for hydroxylation is 2. The molecule has 7 rings (SSSR count). The number of rotatable bonds is 3. The molecule has 146 valence electrons. The highest BCUT2D eigenvalue weighted by atomic mass is 16.5. The van der Waals surface area contributed by atoms with E-state index in [9.17, 15) is 9.59 Å². The van der Waals surface area contributed by atoms with Crippen molar-refractivity contribution < 1.29 is 14.3 Å². The minimum absolute atomic E-state index is 0.0207. The van der Waals surface area contributed by atoms with Crippen LogP contribution < -0.4 is 9.64 Å². The predicted molar refractivity (Wildman–Crippen MR) is 110 cm³/mol. The number of hydrogen-bond donors (Lipinski definition) is 0. The maximum atomic E-state index is 13.2. The number of nitrogens with zero attached hydrogens (tertiary/aromatic N) is 1. The zero-order chi connectivity index (χ0) is 19.9. The van der Waals surface area contributed by atoms with Crippen molar-refractivity contribution in [1.29, 1.82) is 0 Å². The van der Waals surface area contributed by atoms with Crippen LogP contribution in [0.15, 0.2) is 54.6 Å². The molecule has 29 heavy (non-hydrogen) atoms. The van der Waals surface area contributed by atoms with Gasteiger partial charge in [0.25, 0.3) is 0 Å². The van der Waals surface area contributed by atoms with Crippen molar-refractivity contribution in [2.75, 3.05) is 4.90 Å². The number of carbonyl (C=O) groups excluding carboxylic acids is 2. The average molecular weight is 385 g/mol. The van der Waals surface area contributed by atoms with Gasteiger partial charge in [-0.25, -0.2) is 0 Å². The molecule has 0 aromatic heterocycles. The summed E-state index contributed by atoms with van der Waals surface area (Å²) < 4.78 is 5.97. The van der Waals surface area contributed by atoms with Crippen LogP contribution in [0, 0.1) is 49.4 Å². The molecular weight excluding hydrogens is 362 g/mol. The summed E-state index contributed by atoms with van der Waals surface area (Å²) >= 11 is 0. The third kappa shape index (κ3) is 2.44. The highest BCUT2D eigenvalue weighted by molar-refractivity contribution is 6.22. The molecule has 1 saturated heterocycles. The summed E-state index contributed by atoms with van der Waals surface area (Å²) in [5.74, 6) is 2.87. The summed E-state index contributed by atoms with van der Waals surface area (Å²) in [6, 6.07) is 13.4. The van der Waals surface area contributed by atoms with Gasteiger partial charge in [0.15, 0.2) is 0 Å². The van der Waals surface area contributed by atoms with E-state index < -0.39 is 0 Å². The van der Waals surface area contributed by atoms with Gasteiger partial charge in [0.1, 0.15) is 11.5 Å². The first-order valence-corrected chi connectivity index (χ1v) is 10.4. The smallest absolute Gasteiger partial charge is 0.238 e. The van der Waals surface area contributed by atoms with Gasteiger partial charge in [0.05, 0.1) is 17.5 Å². The quantitative estimate of drug-likeness (QED) is 0.571. The van der Waals surface area contributed by atoms with Crippen molar-refractivity contribution >= 4 is 17.5 Å². The molecule has 4 heteroatoms. The van der Waals surface area contributed by atoms with Crippen LogP contribution in [0.3, 0.4) is 0 Å². The second kappa shape index (κ2) is 5.82. The Bertz CT molecular complexity index is 1010. The number of anilines is 1. The lowest BCUT2D eigenvalue weighted by Gasteiger charge is -2.37. The summed E-state index contributed by atoms with van der Waals surface area (Å²) in [6.45, 7) is 4.08. The lowest BCUT2D eigenvalue weighted by atomic mass is 9.63. The fourth-order valence-corrected chi connectivity index (χ4v) is 6.00. The maximum Gasteiger partial charge on any atom is 0.238 e. The predicted octanol–water partition coefficient (Wildman–Crippen LogP) is 4.65. The lowest BCUT2D eigenvalue weighted by Crippen LogP contribution is -2.40. The van der Waals surface area contributed by atoms with E-state index in [-0.39, 0.29) is 35.5 Å². The molecule has 2 bridgehead atoms. The lowest BCUT2D eigenvalue weighted by molar-refractivity contribution is -0.124.